The molecule has 5 nitrogen and oxygen atoms in total. The Bertz CT molecular complexity index is 758. The van der Waals surface area contributed by atoms with Crippen molar-refractivity contribution in [2.45, 2.75) is 64.4 Å². The molecule has 0 aliphatic rings. The maximum Gasteiger partial charge on any atom is 0.309 e. The molecule has 0 aliphatic heterocycles. The van der Waals surface area contributed by atoms with E-state index in [0.717, 1.165) is 44.1 Å². The quantitative estimate of drug-likeness (QED) is 0.105. The van der Waals surface area contributed by atoms with E-state index in [1.807, 2.05) is 48.5 Å². The van der Waals surface area contributed by atoms with Crippen LogP contribution in [-0.4, -0.2) is 12.5 Å². The molecule has 30 heavy (non-hydrogen) atoms. The lowest BCUT2D eigenvalue weighted by Gasteiger charge is -2.16. The van der Waals surface area contributed by atoms with E-state index in [-0.39, 0.29) is 11.9 Å². The second kappa shape index (κ2) is 15.1. The zero-order valence-corrected chi connectivity index (χ0v) is 17.8. The second-order valence-corrected chi connectivity index (χ2v) is 7.70. The van der Waals surface area contributed by atoms with Crippen molar-refractivity contribution in [2.24, 2.45) is 11.0 Å². The highest BCUT2D eigenvalue weighted by Gasteiger charge is 2.20. The average Bonchev–Trinajstić information content (AvgIpc) is 2.79. The fourth-order valence-electron chi connectivity index (χ4n) is 3.55. The fourth-order valence-corrected chi connectivity index (χ4v) is 3.55. The Morgan fingerprint density at radius 1 is 0.833 bits per heavy atom. The van der Waals surface area contributed by atoms with Crippen molar-refractivity contribution in [3.63, 3.8) is 0 Å². The number of esters is 1. The molecule has 5 heteroatoms. The molecule has 1 atom stereocenters. The summed E-state index contributed by atoms with van der Waals surface area (Å²) in [4.78, 5) is 15.5. The standard InChI is InChI=1S/C25H33N3O2/c26-28-27-19-13-5-3-1-2-4-12-18-24(20-22-14-8-6-9-15-22)25(29)30-21-23-16-10-7-11-17-23/h6-11,14-17,24H,1-5,12-13,18-21H2/t24-/m1/s1. The normalized spacial score (nSPS) is 11.5. The molecule has 0 N–H and O–H groups in total. The lowest BCUT2D eigenvalue weighted by atomic mass is 9.93. The number of hydrogen-bond donors (Lipinski definition) is 0. The Morgan fingerprint density at radius 2 is 1.40 bits per heavy atom. The summed E-state index contributed by atoms with van der Waals surface area (Å²) < 4.78 is 5.63. The van der Waals surface area contributed by atoms with Crippen LogP contribution in [0.4, 0.5) is 0 Å². The molecule has 0 aliphatic carbocycles. The van der Waals surface area contributed by atoms with Gasteiger partial charge in [-0.05, 0) is 35.9 Å². The SMILES string of the molecule is [N-]=[N+]=NCCCCCCCCC[C@H](Cc1ccccc1)C(=O)OCc1ccccc1. The summed E-state index contributed by atoms with van der Waals surface area (Å²) in [7, 11) is 0. The van der Waals surface area contributed by atoms with Gasteiger partial charge in [0.25, 0.3) is 0 Å². The highest BCUT2D eigenvalue weighted by atomic mass is 16.5. The first-order valence-corrected chi connectivity index (χ1v) is 11.0. The summed E-state index contributed by atoms with van der Waals surface area (Å²) in [6.07, 6.45) is 9.39. The molecule has 0 bridgehead atoms. The van der Waals surface area contributed by atoms with Crippen LogP contribution in [0.5, 0.6) is 0 Å². The van der Waals surface area contributed by atoms with Crippen LogP contribution in [0.2, 0.25) is 0 Å². The van der Waals surface area contributed by atoms with Crippen molar-refractivity contribution in [3.8, 4) is 0 Å². The van der Waals surface area contributed by atoms with Gasteiger partial charge in [-0.25, -0.2) is 0 Å². The van der Waals surface area contributed by atoms with Crippen LogP contribution >= 0.6 is 0 Å². The number of benzene rings is 2. The molecular weight excluding hydrogens is 374 g/mol. The maximum atomic E-state index is 12.8. The number of nitrogens with zero attached hydrogens (tertiary/aromatic N) is 3. The van der Waals surface area contributed by atoms with Crippen molar-refractivity contribution < 1.29 is 9.53 Å². The summed E-state index contributed by atoms with van der Waals surface area (Å²) >= 11 is 0. The van der Waals surface area contributed by atoms with Gasteiger partial charge in [0.1, 0.15) is 6.61 Å². The lowest BCUT2D eigenvalue weighted by Crippen LogP contribution is -2.20. The van der Waals surface area contributed by atoms with Crippen molar-refractivity contribution in [2.75, 3.05) is 6.54 Å². The molecule has 160 valence electrons. The summed E-state index contributed by atoms with van der Waals surface area (Å²) in [5.41, 5.74) is 10.5. The zero-order valence-electron chi connectivity index (χ0n) is 17.8. The van der Waals surface area contributed by atoms with Crippen LogP contribution in [0.15, 0.2) is 65.8 Å². The smallest absolute Gasteiger partial charge is 0.309 e. The second-order valence-electron chi connectivity index (χ2n) is 7.70. The number of carbonyl (C=O) groups excluding carboxylic acids is 1. The van der Waals surface area contributed by atoms with Crippen LogP contribution in [0.25, 0.3) is 10.4 Å². The predicted molar refractivity (Wildman–Crippen MR) is 121 cm³/mol. The van der Waals surface area contributed by atoms with Gasteiger partial charge in [0.05, 0.1) is 5.92 Å². The topological polar surface area (TPSA) is 75.1 Å². The van der Waals surface area contributed by atoms with E-state index in [4.69, 9.17) is 10.3 Å². The molecule has 0 unspecified atom stereocenters. The third-order valence-corrected chi connectivity index (χ3v) is 5.26. The Labute approximate surface area is 180 Å². The van der Waals surface area contributed by atoms with Gasteiger partial charge in [0.2, 0.25) is 0 Å². The Balaban J connectivity index is 1.73. The molecule has 0 heterocycles. The molecule has 0 aromatic heterocycles. The van der Waals surface area contributed by atoms with Crippen LogP contribution in [0.3, 0.4) is 0 Å². The Hall–Kier alpha value is -2.78. The van der Waals surface area contributed by atoms with Crippen LogP contribution in [0.1, 0.15) is 62.5 Å². The van der Waals surface area contributed by atoms with E-state index in [0.29, 0.717) is 13.2 Å². The maximum absolute atomic E-state index is 12.8. The molecule has 0 saturated heterocycles. The molecule has 0 amide bonds. The van der Waals surface area contributed by atoms with Gasteiger partial charge in [-0.1, -0.05) is 104 Å². The van der Waals surface area contributed by atoms with E-state index in [1.54, 1.807) is 0 Å². The number of carbonyl (C=O) groups is 1. The van der Waals surface area contributed by atoms with Crippen LogP contribution < -0.4 is 0 Å². The van der Waals surface area contributed by atoms with Gasteiger partial charge in [-0.2, -0.15) is 0 Å². The lowest BCUT2D eigenvalue weighted by molar-refractivity contribution is -0.150. The van der Waals surface area contributed by atoms with Gasteiger partial charge >= 0.3 is 5.97 Å². The number of unbranched alkanes of at least 4 members (excludes halogenated alkanes) is 6. The van der Waals surface area contributed by atoms with Crippen molar-refractivity contribution in [3.05, 3.63) is 82.2 Å². The number of hydrogen-bond acceptors (Lipinski definition) is 3. The fraction of sp³-hybridized carbons (Fsp3) is 0.480. The van der Waals surface area contributed by atoms with E-state index >= 15 is 0 Å². The van der Waals surface area contributed by atoms with Gasteiger partial charge in [-0.3, -0.25) is 4.79 Å². The number of ether oxygens (including phenoxy) is 1. The molecule has 2 rings (SSSR count). The Morgan fingerprint density at radius 3 is 2.03 bits per heavy atom. The third kappa shape index (κ3) is 10.1. The first kappa shape index (κ1) is 23.5. The third-order valence-electron chi connectivity index (χ3n) is 5.26. The monoisotopic (exact) mass is 407 g/mol. The molecule has 2 aromatic rings. The predicted octanol–water partition coefficient (Wildman–Crippen LogP) is 7.02. The highest BCUT2D eigenvalue weighted by molar-refractivity contribution is 5.72. The largest absolute Gasteiger partial charge is 0.461 e. The van der Waals surface area contributed by atoms with Gasteiger partial charge in [0, 0.05) is 11.5 Å². The molecule has 2 aromatic carbocycles. The van der Waals surface area contributed by atoms with E-state index in [2.05, 4.69) is 22.2 Å². The van der Waals surface area contributed by atoms with E-state index < -0.39 is 0 Å². The minimum absolute atomic E-state index is 0.0965. The van der Waals surface area contributed by atoms with Gasteiger partial charge < -0.3 is 4.74 Å². The Kier molecular flexibility index (Phi) is 11.8. The first-order valence-electron chi connectivity index (χ1n) is 11.0. The number of rotatable bonds is 15. The van der Waals surface area contributed by atoms with E-state index in [1.165, 1.54) is 24.8 Å². The first-order chi connectivity index (χ1) is 14.8. The summed E-state index contributed by atoms with van der Waals surface area (Å²) in [5, 5.41) is 3.56. The van der Waals surface area contributed by atoms with Crippen molar-refractivity contribution in [1.29, 1.82) is 0 Å². The van der Waals surface area contributed by atoms with E-state index in [9.17, 15) is 4.79 Å². The summed E-state index contributed by atoms with van der Waals surface area (Å²) in [6.45, 7) is 0.934. The minimum atomic E-state index is -0.0973. The molecule has 0 radical (unpaired) electrons. The molecular formula is C25H33N3O2. The highest BCUT2D eigenvalue weighted by Crippen LogP contribution is 2.19. The zero-order chi connectivity index (χ0) is 21.3. The summed E-state index contributed by atoms with van der Waals surface area (Å²) in [6, 6.07) is 20.0. The van der Waals surface area contributed by atoms with Crippen LogP contribution in [-0.2, 0) is 22.6 Å². The summed E-state index contributed by atoms with van der Waals surface area (Å²) in [5.74, 6) is -0.194. The number of azide groups is 1. The van der Waals surface area contributed by atoms with Crippen molar-refractivity contribution in [1.82, 2.24) is 0 Å². The minimum Gasteiger partial charge on any atom is -0.461 e. The molecule has 0 saturated carbocycles. The van der Waals surface area contributed by atoms with Gasteiger partial charge in [-0.15, -0.1) is 0 Å². The van der Waals surface area contributed by atoms with Gasteiger partial charge in [0.15, 0.2) is 0 Å². The molecule has 0 fully saturated rings. The molecule has 0 spiro atoms. The van der Waals surface area contributed by atoms with Crippen LogP contribution in [0, 0.1) is 5.92 Å². The average molecular weight is 408 g/mol. The van der Waals surface area contributed by atoms with Crippen molar-refractivity contribution >= 4 is 5.97 Å².